The lowest BCUT2D eigenvalue weighted by Gasteiger charge is -2.22. The van der Waals surface area contributed by atoms with E-state index in [1.54, 1.807) is 71.3 Å². The number of benzene rings is 4. The van der Waals surface area contributed by atoms with Crippen molar-refractivity contribution in [1.82, 2.24) is 98.4 Å². The molecule has 0 spiro atoms. The molecule has 688 valence electrons. The average Bonchev–Trinajstić information content (AvgIpc) is 1.68. The van der Waals surface area contributed by atoms with Gasteiger partial charge in [0.25, 0.3) is 30.1 Å². The molecule has 128 heavy (non-hydrogen) atoms. The summed E-state index contributed by atoms with van der Waals surface area (Å²) in [5, 5.41) is 10.7. The predicted octanol–water partition coefficient (Wildman–Crippen LogP) is 9.33. The highest BCUT2D eigenvalue weighted by molar-refractivity contribution is 7.57. The lowest BCUT2D eigenvalue weighted by Crippen LogP contribution is -2.28. The minimum Gasteiger partial charge on any atom is -0.468 e. The van der Waals surface area contributed by atoms with Crippen molar-refractivity contribution < 1.29 is 93.4 Å². The number of ether oxygens (including phenoxy) is 8. The molecule has 0 radical (unpaired) electrons. The molecular weight excluding hydrogens is 1740 g/mol. The number of anilines is 4. The van der Waals surface area contributed by atoms with Crippen LogP contribution in [0.15, 0.2) is 172 Å². The zero-order valence-electron chi connectivity index (χ0n) is 72.4. The summed E-state index contributed by atoms with van der Waals surface area (Å²) in [4.78, 5) is 96.3. The molecule has 12 aromatic rings. The van der Waals surface area contributed by atoms with Gasteiger partial charge in [-0.3, -0.25) is 37.4 Å². The summed E-state index contributed by atoms with van der Waals surface area (Å²) < 4.78 is 126. The average molecular weight is 1850 g/mol. The molecule has 0 aliphatic carbocycles. The van der Waals surface area contributed by atoms with Gasteiger partial charge in [0.15, 0.2) is 45.9 Å². The molecule has 0 saturated heterocycles. The van der Waals surface area contributed by atoms with Crippen molar-refractivity contribution in [3.8, 4) is 0 Å². The largest absolute Gasteiger partial charge is 0.468 e. The fraction of sp³-hybridized carbons (Fsp3) is 0.400. The smallest absolute Gasteiger partial charge is 0.320 e. The molecule has 0 fully saturated rings. The topological polar surface area (TPSA) is 574 Å². The van der Waals surface area contributed by atoms with Gasteiger partial charge in [-0.25, -0.2) is 80.2 Å². The summed E-state index contributed by atoms with van der Waals surface area (Å²) in [6.07, 6.45) is 8.91. The van der Waals surface area contributed by atoms with E-state index in [1.165, 1.54) is 39.5 Å². The van der Waals surface area contributed by atoms with Crippen molar-refractivity contribution in [2.24, 2.45) is 0 Å². The van der Waals surface area contributed by atoms with Crippen molar-refractivity contribution in [3.63, 3.8) is 0 Å². The molecule has 0 aliphatic heterocycles. The maximum atomic E-state index is 13.4. The standard InChI is InChI=1S/2C21H29N6O5P.2C19H25N6O5P/c2*1-15(2)32-18(28)9-26-33(29,31-11-17-7-5-4-6-8-17)14-30-16(3)10-27-13-25-19-20(22)23-12-24-21(19)27;2*1-14(9-25-12-23-17-18(20)21-11-22-19(17)25)29-13-31(27,24-8-16(26)28-2)30-10-15-6-4-3-5-7-15/h2*4-8,12-13,15-16H,9-11,14H2,1-3H3,(H,26,29)(H2,22,23,24);2*3-7,11-12,14H,8-10,13H2,1-2H3,(H,24,27)(H2,20,21,22)/t16-,33+;16-,33-;14-,31+;14-,31-/m1111/s1. The van der Waals surface area contributed by atoms with Gasteiger partial charge < -0.3 is 97.2 Å². The van der Waals surface area contributed by atoms with Gasteiger partial charge in [0, 0.05) is 0 Å². The highest BCUT2D eigenvalue weighted by atomic mass is 31.2. The third kappa shape index (κ3) is 32.7. The van der Waals surface area contributed by atoms with Gasteiger partial charge in [0.1, 0.15) is 98.9 Å². The number of hydrogen-bond acceptors (Lipinski definition) is 36. The van der Waals surface area contributed by atoms with Crippen LogP contribution in [0.25, 0.3) is 44.7 Å². The van der Waals surface area contributed by atoms with E-state index in [4.69, 9.17) is 69.5 Å². The van der Waals surface area contributed by atoms with Crippen LogP contribution in [0.1, 0.15) is 77.6 Å². The summed E-state index contributed by atoms with van der Waals surface area (Å²) in [7, 11) is -11.5. The van der Waals surface area contributed by atoms with Crippen LogP contribution in [0.5, 0.6) is 0 Å². The molecule has 48 heteroatoms. The number of nitrogens with zero attached hydrogens (tertiary/aromatic N) is 16. The van der Waals surface area contributed by atoms with E-state index in [9.17, 15) is 37.4 Å². The molecule has 8 heterocycles. The van der Waals surface area contributed by atoms with Crippen LogP contribution in [0.4, 0.5) is 23.3 Å². The van der Waals surface area contributed by atoms with Crippen LogP contribution in [0, 0.1) is 0 Å². The Kier molecular flexibility index (Phi) is 39.0. The molecule has 8 aromatic heterocycles. The van der Waals surface area contributed by atoms with Gasteiger partial charge in [0.2, 0.25) is 0 Å². The zero-order valence-corrected chi connectivity index (χ0v) is 75.9. The van der Waals surface area contributed by atoms with Crippen LogP contribution in [-0.4, -0.2) is 204 Å². The normalized spacial score (nSPS) is 14.3. The van der Waals surface area contributed by atoms with E-state index in [0.717, 1.165) is 22.3 Å². The van der Waals surface area contributed by atoms with Gasteiger partial charge in [-0.1, -0.05) is 121 Å². The number of carbonyl (C=O) groups excluding carboxylic acids is 4. The third-order valence-electron chi connectivity index (χ3n) is 17.8. The van der Waals surface area contributed by atoms with E-state index in [1.807, 2.05) is 149 Å². The van der Waals surface area contributed by atoms with Crippen molar-refractivity contribution in [2.75, 3.05) is 88.7 Å². The molecule has 0 bridgehead atoms. The molecule has 0 unspecified atom stereocenters. The first-order valence-corrected chi connectivity index (χ1v) is 47.3. The number of rotatable bonds is 46. The number of methoxy groups -OCH3 is 2. The third-order valence-corrected chi connectivity index (χ3v) is 24.5. The van der Waals surface area contributed by atoms with Gasteiger partial charge in [0.05, 0.1) is 129 Å². The second-order valence-corrected chi connectivity index (χ2v) is 37.8. The second kappa shape index (κ2) is 49.8. The molecule has 12 rings (SSSR count). The number of aromatic nitrogens is 16. The summed E-state index contributed by atoms with van der Waals surface area (Å²) in [6.45, 7) is 15.2. The molecule has 0 amide bonds. The number of nitrogens with two attached hydrogens (primary N) is 4. The summed E-state index contributed by atoms with van der Waals surface area (Å²) in [5.74, 6) is -0.983. The number of fused-ring (bicyclic) bond motifs is 4. The molecule has 12 N–H and O–H groups in total. The highest BCUT2D eigenvalue weighted by Gasteiger charge is 2.32. The Morgan fingerprint density at radius 3 is 0.734 bits per heavy atom. The monoisotopic (exact) mass is 1850 g/mol. The minimum atomic E-state index is -3.53. The molecule has 8 atom stereocenters. The molecular formula is C80H108N24O20P4. The van der Waals surface area contributed by atoms with Crippen molar-refractivity contribution in [3.05, 3.63) is 194 Å². The fourth-order valence-corrected chi connectivity index (χ4v) is 17.1. The Morgan fingerprint density at radius 1 is 0.320 bits per heavy atom. The Bertz CT molecular complexity index is 5370. The number of imidazole rings is 4. The predicted molar refractivity (Wildman–Crippen MR) is 474 cm³/mol. The van der Waals surface area contributed by atoms with Crippen LogP contribution in [0.3, 0.4) is 0 Å². The SMILES string of the molecule is CC(C)OC(=O)CN[P@@](=O)(CO[C@H](C)Cn1cnc2c(N)ncnc21)OCc1ccccc1.CC(C)OC(=O)CN[P@](=O)(CO[C@H](C)Cn1cnc2c(N)ncnc21)OCc1ccccc1.COC(=O)CN[P@@](=O)(CO[C@H](C)Cn1cnc2c(N)ncnc21)OCc1ccccc1.COC(=O)CN[P@](=O)(CO[C@H](C)Cn1cnc2c(N)ncnc21)OCc1ccccc1. The number of nitrogens with one attached hydrogen (secondary N) is 4. The van der Waals surface area contributed by atoms with E-state index < -0.39 is 54.0 Å². The first-order chi connectivity index (χ1) is 61.3. The number of hydrogen-bond donors (Lipinski definition) is 8. The molecule has 44 nitrogen and oxygen atoms in total. The second-order valence-electron chi connectivity index (χ2n) is 29.0. The van der Waals surface area contributed by atoms with Crippen LogP contribution < -0.4 is 43.3 Å². The molecule has 0 aliphatic rings. The number of carbonyl (C=O) groups is 4. The Morgan fingerprint density at radius 2 is 0.531 bits per heavy atom. The van der Waals surface area contributed by atoms with Crippen molar-refractivity contribution in [1.29, 1.82) is 0 Å². The number of nitrogen functional groups attached to an aromatic ring is 4. The van der Waals surface area contributed by atoms with Crippen molar-refractivity contribution >= 4 is 122 Å². The van der Waals surface area contributed by atoms with Crippen LogP contribution >= 0.6 is 30.1 Å². The van der Waals surface area contributed by atoms with Gasteiger partial charge in [-0.2, -0.15) is 0 Å². The summed E-state index contributed by atoms with van der Waals surface area (Å²) in [5.41, 5.74) is 31.0. The van der Waals surface area contributed by atoms with Crippen molar-refractivity contribution in [2.45, 2.75) is 145 Å². The van der Waals surface area contributed by atoms with E-state index in [2.05, 4.69) is 89.6 Å². The lowest BCUT2D eigenvalue weighted by atomic mass is 10.2. The van der Waals surface area contributed by atoms with Gasteiger partial charge in [-0.05, 0) is 77.6 Å². The van der Waals surface area contributed by atoms with E-state index in [0.29, 0.717) is 94.1 Å². The van der Waals surface area contributed by atoms with Gasteiger partial charge >= 0.3 is 23.9 Å². The van der Waals surface area contributed by atoms with E-state index >= 15 is 0 Å². The first-order valence-electron chi connectivity index (χ1n) is 40.1. The highest BCUT2D eigenvalue weighted by Crippen LogP contribution is 2.47. The van der Waals surface area contributed by atoms with E-state index in [-0.39, 0.29) is 115 Å². The Hall–Kier alpha value is -11.4. The zero-order chi connectivity index (χ0) is 92.2. The summed E-state index contributed by atoms with van der Waals surface area (Å²) in [6, 6.07) is 37.2. The Balaban J connectivity index is 0.000000193. The molecule has 0 saturated carbocycles. The maximum absolute atomic E-state index is 13.4. The lowest BCUT2D eigenvalue weighted by molar-refractivity contribution is -0.146. The van der Waals surface area contributed by atoms with Crippen LogP contribution in [-0.2, 0) is 146 Å². The maximum Gasteiger partial charge on any atom is 0.320 e. The van der Waals surface area contributed by atoms with Crippen LogP contribution in [0.2, 0.25) is 0 Å². The number of esters is 4. The minimum absolute atomic E-state index is 0.102. The fourth-order valence-electron chi connectivity index (χ4n) is 11.4. The Labute approximate surface area is 737 Å². The summed E-state index contributed by atoms with van der Waals surface area (Å²) >= 11 is 0. The van der Waals surface area contributed by atoms with Gasteiger partial charge in [-0.15, -0.1) is 0 Å². The molecule has 4 aromatic carbocycles. The quantitative estimate of drug-likeness (QED) is 0.01000. The first kappa shape index (κ1) is 100.